The maximum absolute atomic E-state index is 12.7. The molecule has 1 aliphatic heterocycles. The van der Waals surface area contributed by atoms with Gasteiger partial charge in [-0.3, -0.25) is 0 Å². The SMILES string of the molecule is FC(F)(F)c1cccnc1OCCC1CCCNC1. The third-order valence-electron chi connectivity index (χ3n) is 3.24. The topological polar surface area (TPSA) is 34.1 Å². The van der Waals surface area contributed by atoms with Crippen molar-refractivity contribution in [2.75, 3.05) is 19.7 Å². The molecule has 1 aromatic rings. The van der Waals surface area contributed by atoms with Crippen LogP contribution in [0.25, 0.3) is 0 Å². The molecule has 0 aromatic carbocycles. The highest BCUT2D eigenvalue weighted by molar-refractivity contribution is 5.28. The maximum Gasteiger partial charge on any atom is 0.421 e. The Morgan fingerprint density at radius 3 is 2.95 bits per heavy atom. The van der Waals surface area contributed by atoms with E-state index >= 15 is 0 Å². The van der Waals surface area contributed by atoms with E-state index in [2.05, 4.69) is 10.3 Å². The van der Waals surface area contributed by atoms with Gasteiger partial charge in [0, 0.05) is 6.20 Å². The van der Waals surface area contributed by atoms with Crippen LogP contribution in [0, 0.1) is 5.92 Å². The van der Waals surface area contributed by atoms with Gasteiger partial charge in [-0.1, -0.05) is 0 Å². The van der Waals surface area contributed by atoms with Crippen LogP contribution in [0.1, 0.15) is 24.8 Å². The van der Waals surface area contributed by atoms with Crippen molar-refractivity contribution < 1.29 is 17.9 Å². The van der Waals surface area contributed by atoms with E-state index in [1.165, 1.54) is 12.3 Å². The molecule has 0 amide bonds. The third-order valence-corrected chi connectivity index (χ3v) is 3.24. The molecule has 1 aromatic heterocycles. The zero-order chi connectivity index (χ0) is 13.7. The van der Waals surface area contributed by atoms with Gasteiger partial charge in [0.05, 0.1) is 6.61 Å². The molecule has 2 heterocycles. The molecule has 106 valence electrons. The van der Waals surface area contributed by atoms with Gasteiger partial charge >= 0.3 is 6.18 Å². The summed E-state index contributed by atoms with van der Waals surface area (Å²) >= 11 is 0. The fraction of sp³-hybridized carbons (Fsp3) is 0.615. The molecular weight excluding hydrogens is 257 g/mol. The van der Waals surface area contributed by atoms with Crippen molar-refractivity contribution in [1.29, 1.82) is 0 Å². The molecule has 0 radical (unpaired) electrons. The van der Waals surface area contributed by atoms with Crippen LogP contribution in [0.2, 0.25) is 0 Å². The lowest BCUT2D eigenvalue weighted by Crippen LogP contribution is -2.30. The van der Waals surface area contributed by atoms with Crippen LogP contribution in [0.4, 0.5) is 13.2 Å². The number of halogens is 3. The second-order valence-corrected chi connectivity index (χ2v) is 4.70. The zero-order valence-electron chi connectivity index (χ0n) is 10.5. The fourth-order valence-electron chi connectivity index (χ4n) is 2.21. The summed E-state index contributed by atoms with van der Waals surface area (Å²) in [6.07, 6.45) is -0.143. The normalized spacial score (nSPS) is 20.3. The van der Waals surface area contributed by atoms with Crippen molar-refractivity contribution in [3.8, 4) is 5.88 Å². The molecule has 2 rings (SSSR count). The van der Waals surface area contributed by atoms with Gasteiger partial charge in [-0.2, -0.15) is 13.2 Å². The van der Waals surface area contributed by atoms with Crippen LogP contribution in [-0.4, -0.2) is 24.7 Å². The first-order valence-corrected chi connectivity index (χ1v) is 6.43. The number of ether oxygens (including phenoxy) is 1. The quantitative estimate of drug-likeness (QED) is 0.916. The molecule has 6 heteroatoms. The monoisotopic (exact) mass is 274 g/mol. The Balaban J connectivity index is 1.88. The summed E-state index contributed by atoms with van der Waals surface area (Å²) in [5.41, 5.74) is -0.809. The third kappa shape index (κ3) is 4.09. The second kappa shape index (κ2) is 6.23. The minimum Gasteiger partial charge on any atom is -0.477 e. The lowest BCUT2D eigenvalue weighted by atomic mass is 9.97. The van der Waals surface area contributed by atoms with E-state index in [1.54, 1.807) is 0 Å². The predicted molar refractivity (Wildman–Crippen MR) is 64.9 cm³/mol. The number of rotatable bonds is 4. The number of pyridine rings is 1. The smallest absolute Gasteiger partial charge is 0.421 e. The summed E-state index contributed by atoms with van der Waals surface area (Å²) < 4.78 is 43.3. The average Bonchev–Trinajstić information content (AvgIpc) is 2.39. The Morgan fingerprint density at radius 1 is 1.42 bits per heavy atom. The molecule has 3 nitrogen and oxygen atoms in total. The van der Waals surface area contributed by atoms with Crippen LogP contribution in [0.5, 0.6) is 5.88 Å². The minimum absolute atomic E-state index is 0.270. The summed E-state index contributed by atoms with van der Waals surface area (Å²) in [7, 11) is 0. The van der Waals surface area contributed by atoms with Crippen LogP contribution in [0.15, 0.2) is 18.3 Å². The van der Waals surface area contributed by atoms with Crippen molar-refractivity contribution >= 4 is 0 Å². The lowest BCUT2D eigenvalue weighted by Gasteiger charge is -2.22. The summed E-state index contributed by atoms with van der Waals surface area (Å²) in [6.45, 7) is 2.21. The molecule has 0 bridgehead atoms. The maximum atomic E-state index is 12.7. The zero-order valence-corrected chi connectivity index (χ0v) is 10.5. The van der Waals surface area contributed by atoms with Crippen molar-refractivity contribution in [2.24, 2.45) is 5.92 Å². The van der Waals surface area contributed by atoms with Crippen molar-refractivity contribution in [3.05, 3.63) is 23.9 Å². The minimum atomic E-state index is -4.42. The van der Waals surface area contributed by atoms with E-state index in [0.717, 1.165) is 38.4 Å². The molecule has 1 N–H and O–H groups in total. The van der Waals surface area contributed by atoms with Crippen molar-refractivity contribution in [1.82, 2.24) is 10.3 Å². The summed E-state index contributed by atoms with van der Waals surface area (Å²) in [5, 5.41) is 3.27. The van der Waals surface area contributed by atoms with Crippen molar-refractivity contribution in [2.45, 2.75) is 25.4 Å². The highest BCUT2D eigenvalue weighted by Gasteiger charge is 2.35. The highest BCUT2D eigenvalue weighted by Crippen LogP contribution is 2.34. The standard InChI is InChI=1S/C13H17F3N2O/c14-13(15,16)11-4-2-7-18-12(11)19-8-5-10-3-1-6-17-9-10/h2,4,7,10,17H,1,3,5-6,8-9H2. The number of aromatic nitrogens is 1. The predicted octanol–water partition coefficient (Wildman–Crippen LogP) is 2.87. The van der Waals surface area contributed by atoms with E-state index < -0.39 is 11.7 Å². The lowest BCUT2D eigenvalue weighted by molar-refractivity contribution is -0.139. The number of nitrogens with zero attached hydrogens (tertiary/aromatic N) is 1. The van der Waals surface area contributed by atoms with E-state index in [-0.39, 0.29) is 12.5 Å². The molecule has 1 saturated heterocycles. The van der Waals surface area contributed by atoms with E-state index in [4.69, 9.17) is 4.74 Å². The Bertz CT molecular complexity index is 403. The van der Waals surface area contributed by atoms with Gasteiger partial charge in [0.15, 0.2) is 0 Å². The first kappa shape index (κ1) is 14.1. The molecule has 1 aliphatic rings. The number of nitrogens with one attached hydrogen (secondary N) is 1. The molecule has 0 saturated carbocycles. The summed E-state index contributed by atoms with van der Waals surface area (Å²) in [4.78, 5) is 3.67. The molecule has 1 atom stereocenters. The summed E-state index contributed by atoms with van der Waals surface area (Å²) in [5.74, 6) is 0.158. The van der Waals surface area contributed by atoms with Crippen LogP contribution in [-0.2, 0) is 6.18 Å². The van der Waals surface area contributed by atoms with E-state index in [1.807, 2.05) is 0 Å². The summed E-state index contributed by atoms with van der Waals surface area (Å²) in [6, 6.07) is 2.26. The van der Waals surface area contributed by atoms with Crippen molar-refractivity contribution in [3.63, 3.8) is 0 Å². The molecule has 19 heavy (non-hydrogen) atoms. The number of hydrogen-bond acceptors (Lipinski definition) is 3. The second-order valence-electron chi connectivity index (χ2n) is 4.70. The molecule has 0 aliphatic carbocycles. The van der Waals surface area contributed by atoms with Gasteiger partial charge in [0.2, 0.25) is 5.88 Å². The molecule has 0 spiro atoms. The van der Waals surface area contributed by atoms with Gasteiger partial charge < -0.3 is 10.1 Å². The fourth-order valence-corrected chi connectivity index (χ4v) is 2.21. The van der Waals surface area contributed by atoms with E-state index in [9.17, 15) is 13.2 Å². The molecule has 1 fully saturated rings. The van der Waals surface area contributed by atoms with Crippen LogP contribution in [0.3, 0.4) is 0 Å². The average molecular weight is 274 g/mol. The first-order chi connectivity index (χ1) is 9.07. The Hall–Kier alpha value is -1.30. The van der Waals surface area contributed by atoms with Crippen LogP contribution >= 0.6 is 0 Å². The van der Waals surface area contributed by atoms with Gasteiger partial charge in [0.1, 0.15) is 5.56 Å². The highest BCUT2D eigenvalue weighted by atomic mass is 19.4. The Morgan fingerprint density at radius 2 is 2.26 bits per heavy atom. The first-order valence-electron chi connectivity index (χ1n) is 6.43. The number of piperidine rings is 1. The Labute approximate surface area is 110 Å². The van der Waals surface area contributed by atoms with Crippen LogP contribution < -0.4 is 10.1 Å². The van der Waals surface area contributed by atoms with Gasteiger partial charge in [-0.15, -0.1) is 0 Å². The van der Waals surface area contributed by atoms with Gasteiger partial charge in [-0.05, 0) is 50.4 Å². The number of alkyl halides is 3. The Kier molecular flexibility index (Phi) is 4.63. The number of hydrogen-bond donors (Lipinski definition) is 1. The van der Waals surface area contributed by atoms with Gasteiger partial charge in [0.25, 0.3) is 0 Å². The molecular formula is C13H17F3N2O. The van der Waals surface area contributed by atoms with Gasteiger partial charge in [-0.25, -0.2) is 4.98 Å². The largest absolute Gasteiger partial charge is 0.477 e. The molecule has 1 unspecified atom stereocenters. The van der Waals surface area contributed by atoms with E-state index in [0.29, 0.717) is 5.92 Å².